The van der Waals surface area contributed by atoms with Crippen LogP contribution < -0.4 is 4.90 Å². The first-order chi connectivity index (χ1) is 7.59. The van der Waals surface area contributed by atoms with Crippen LogP contribution in [0.3, 0.4) is 0 Å². The van der Waals surface area contributed by atoms with Gasteiger partial charge in [-0.05, 0) is 18.9 Å². The molecular formula is C10H10ClFN2O2. The number of hydrogen-bond acceptors (Lipinski definition) is 3. The summed E-state index contributed by atoms with van der Waals surface area (Å²) in [5, 5.41) is 9.17. The SMILES string of the molecule is O=C(O)C1CCCN1c1ncc(Cl)cc1F. The number of aromatic nitrogens is 1. The van der Waals surface area contributed by atoms with Gasteiger partial charge >= 0.3 is 5.97 Å². The molecule has 1 fully saturated rings. The molecule has 1 N–H and O–H groups in total. The summed E-state index contributed by atoms with van der Waals surface area (Å²) in [6.07, 6.45) is 2.55. The Morgan fingerprint density at radius 2 is 2.44 bits per heavy atom. The molecule has 4 nitrogen and oxygen atoms in total. The number of anilines is 1. The Balaban J connectivity index is 2.32. The first kappa shape index (κ1) is 11.1. The van der Waals surface area contributed by atoms with Crippen LogP contribution in [0.15, 0.2) is 12.3 Å². The predicted octanol–water partition coefficient (Wildman–Crippen LogP) is 1.93. The Hall–Kier alpha value is -1.36. The minimum absolute atomic E-state index is 0.0642. The lowest BCUT2D eigenvalue weighted by atomic mass is 10.2. The van der Waals surface area contributed by atoms with Gasteiger partial charge in [0.1, 0.15) is 6.04 Å². The zero-order valence-corrected chi connectivity index (χ0v) is 9.12. The maximum atomic E-state index is 13.6. The van der Waals surface area contributed by atoms with Crippen LogP contribution in [0, 0.1) is 5.82 Å². The van der Waals surface area contributed by atoms with Crippen molar-refractivity contribution in [2.24, 2.45) is 0 Å². The molecule has 1 aromatic heterocycles. The van der Waals surface area contributed by atoms with E-state index in [1.807, 2.05) is 0 Å². The second-order valence-electron chi connectivity index (χ2n) is 3.65. The second-order valence-corrected chi connectivity index (χ2v) is 4.09. The molecule has 6 heteroatoms. The van der Waals surface area contributed by atoms with Gasteiger partial charge in [-0.25, -0.2) is 14.2 Å². The molecule has 1 atom stereocenters. The number of rotatable bonds is 2. The molecule has 0 bridgehead atoms. The molecule has 0 spiro atoms. The van der Waals surface area contributed by atoms with Crippen molar-refractivity contribution in [2.45, 2.75) is 18.9 Å². The second kappa shape index (κ2) is 4.25. The van der Waals surface area contributed by atoms with Gasteiger partial charge in [0.15, 0.2) is 11.6 Å². The molecular weight excluding hydrogens is 235 g/mol. The first-order valence-electron chi connectivity index (χ1n) is 4.90. The lowest BCUT2D eigenvalue weighted by Crippen LogP contribution is -2.37. The number of hydrogen-bond donors (Lipinski definition) is 1. The molecule has 0 radical (unpaired) electrons. The Morgan fingerprint density at radius 1 is 1.69 bits per heavy atom. The van der Waals surface area contributed by atoms with Crippen molar-refractivity contribution in [3.63, 3.8) is 0 Å². The monoisotopic (exact) mass is 244 g/mol. The lowest BCUT2D eigenvalue weighted by molar-refractivity contribution is -0.138. The topological polar surface area (TPSA) is 53.4 Å². The zero-order valence-electron chi connectivity index (χ0n) is 8.36. The van der Waals surface area contributed by atoms with Gasteiger partial charge < -0.3 is 10.0 Å². The minimum Gasteiger partial charge on any atom is -0.480 e. The summed E-state index contributed by atoms with van der Waals surface area (Å²) in [5.41, 5.74) is 0. The van der Waals surface area contributed by atoms with Crippen LogP contribution in [0.5, 0.6) is 0 Å². The highest BCUT2D eigenvalue weighted by molar-refractivity contribution is 6.30. The molecule has 2 heterocycles. The Labute approximate surface area is 96.7 Å². The number of carboxylic acid groups (broad SMARTS) is 1. The average Bonchev–Trinajstić information content (AvgIpc) is 2.66. The Kier molecular flexibility index (Phi) is 2.96. The summed E-state index contributed by atoms with van der Waals surface area (Å²) in [6.45, 7) is 0.502. The molecule has 16 heavy (non-hydrogen) atoms. The molecule has 86 valence electrons. The van der Waals surface area contributed by atoms with Gasteiger partial charge in [0, 0.05) is 12.7 Å². The van der Waals surface area contributed by atoms with Gasteiger partial charge in [0.05, 0.1) is 5.02 Å². The van der Waals surface area contributed by atoms with Crippen molar-refractivity contribution in [2.75, 3.05) is 11.4 Å². The Morgan fingerprint density at radius 3 is 3.06 bits per heavy atom. The van der Waals surface area contributed by atoms with Crippen LogP contribution >= 0.6 is 11.6 Å². The summed E-state index contributed by atoms with van der Waals surface area (Å²) in [7, 11) is 0. The number of halogens is 2. The maximum Gasteiger partial charge on any atom is 0.326 e. The van der Waals surface area contributed by atoms with Crippen molar-refractivity contribution in [1.29, 1.82) is 0 Å². The smallest absolute Gasteiger partial charge is 0.326 e. The van der Waals surface area contributed by atoms with Gasteiger partial charge in [0.2, 0.25) is 0 Å². The van der Waals surface area contributed by atoms with Crippen LogP contribution in [0.25, 0.3) is 0 Å². The quantitative estimate of drug-likeness (QED) is 0.864. The largest absolute Gasteiger partial charge is 0.480 e. The van der Waals surface area contributed by atoms with Crippen LogP contribution in [-0.2, 0) is 4.79 Å². The van der Waals surface area contributed by atoms with Gasteiger partial charge in [-0.3, -0.25) is 0 Å². The molecule has 0 aliphatic carbocycles. The van der Waals surface area contributed by atoms with E-state index in [1.54, 1.807) is 0 Å². The van der Waals surface area contributed by atoms with E-state index in [0.29, 0.717) is 13.0 Å². The number of pyridine rings is 1. The summed E-state index contributed by atoms with van der Waals surface area (Å²) in [4.78, 5) is 16.3. The minimum atomic E-state index is -0.950. The summed E-state index contributed by atoms with van der Waals surface area (Å²) < 4.78 is 13.6. The summed E-state index contributed by atoms with van der Waals surface area (Å²) >= 11 is 5.59. The molecule has 2 rings (SSSR count). The molecule has 1 unspecified atom stereocenters. The molecule has 0 amide bonds. The van der Waals surface area contributed by atoms with E-state index in [4.69, 9.17) is 16.7 Å². The third-order valence-corrected chi connectivity index (χ3v) is 2.81. The van der Waals surface area contributed by atoms with Gasteiger partial charge in [-0.15, -0.1) is 0 Å². The standard InChI is InChI=1S/C10H10ClFN2O2/c11-6-4-7(12)9(13-5-6)14-3-1-2-8(14)10(15)16/h4-5,8H,1-3H2,(H,15,16). The normalized spacial score (nSPS) is 20.1. The molecule has 1 saturated heterocycles. The third kappa shape index (κ3) is 1.95. The van der Waals surface area contributed by atoms with E-state index < -0.39 is 17.8 Å². The highest BCUT2D eigenvalue weighted by Crippen LogP contribution is 2.27. The highest BCUT2D eigenvalue weighted by atomic mass is 35.5. The van der Waals surface area contributed by atoms with E-state index >= 15 is 0 Å². The van der Waals surface area contributed by atoms with E-state index in [9.17, 15) is 9.18 Å². The molecule has 0 saturated carbocycles. The van der Waals surface area contributed by atoms with Gasteiger partial charge in [-0.2, -0.15) is 0 Å². The molecule has 0 aromatic carbocycles. The van der Waals surface area contributed by atoms with Crippen molar-refractivity contribution >= 4 is 23.4 Å². The molecule has 1 aliphatic heterocycles. The first-order valence-corrected chi connectivity index (χ1v) is 5.28. The number of carbonyl (C=O) groups is 1. The van der Waals surface area contributed by atoms with E-state index in [1.165, 1.54) is 11.1 Å². The van der Waals surface area contributed by atoms with E-state index in [0.717, 1.165) is 12.5 Å². The fourth-order valence-corrected chi connectivity index (χ4v) is 2.04. The van der Waals surface area contributed by atoms with Crippen LogP contribution in [0.1, 0.15) is 12.8 Å². The fourth-order valence-electron chi connectivity index (χ4n) is 1.90. The summed E-state index contributed by atoms with van der Waals surface area (Å²) in [6, 6.07) is 0.448. The van der Waals surface area contributed by atoms with Gasteiger partial charge in [0.25, 0.3) is 0 Å². The van der Waals surface area contributed by atoms with Crippen molar-refractivity contribution in [3.8, 4) is 0 Å². The van der Waals surface area contributed by atoms with E-state index in [2.05, 4.69) is 4.98 Å². The van der Waals surface area contributed by atoms with Crippen LogP contribution in [0.2, 0.25) is 5.02 Å². The number of nitrogens with zero attached hydrogens (tertiary/aromatic N) is 2. The molecule has 1 aromatic rings. The van der Waals surface area contributed by atoms with E-state index in [-0.39, 0.29) is 10.8 Å². The fraction of sp³-hybridized carbons (Fsp3) is 0.400. The molecule has 1 aliphatic rings. The number of carboxylic acids is 1. The average molecular weight is 245 g/mol. The zero-order chi connectivity index (χ0) is 11.7. The predicted molar refractivity (Wildman–Crippen MR) is 57.2 cm³/mol. The van der Waals surface area contributed by atoms with Gasteiger partial charge in [-0.1, -0.05) is 11.6 Å². The maximum absolute atomic E-state index is 13.6. The highest BCUT2D eigenvalue weighted by Gasteiger charge is 2.32. The Bertz CT molecular complexity index is 427. The van der Waals surface area contributed by atoms with Crippen LogP contribution in [0.4, 0.5) is 10.2 Å². The van der Waals surface area contributed by atoms with Crippen LogP contribution in [-0.4, -0.2) is 28.6 Å². The third-order valence-electron chi connectivity index (χ3n) is 2.60. The number of aliphatic carboxylic acids is 1. The summed E-state index contributed by atoms with van der Waals surface area (Å²) in [5.74, 6) is -1.47. The van der Waals surface area contributed by atoms with Crippen molar-refractivity contribution < 1.29 is 14.3 Å². The van der Waals surface area contributed by atoms with Crippen molar-refractivity contribution in [1.82, 2.24) is 4.98 Å². The lowest BCUT2D eigenvalue weighted by Gasteiger charge is -2.22. The van der Waals surface area contributed by atoms with Crippen molar-refractivity contribution in [3.05, 3.63) is 23.1 Å².